The molecule has 0 amide bonds. The maximum Gasteiger partial charge on any atom is 0.142 e. The third-order valence-corrected chi connectivity index (χ3v) is 3.45. The summed E-state index contributed by atoms with van der Waals surface area (Å²) in [5, 5.41) is 0. The molecule has 2 aromatic carbocycles. The zero-order chi connectivity index (χ0) is 13.1. The van der Waals surface area contributed by atoms with Gasteiger partial charge in [-0.1, -0.05) is 42.0 Å². The summed E-state index contributed by atoms with van der Waals surface area (Å²) in [7, 11) is 0. The first-order chi connectivity index (χ1) is 8.63. The molecule has 1 unspecified atom stereocenters. The fraction of sp³-hybridized carbons (Fsp3) is 0.143. The Morgan fingerprint density at radius 2 is 1.94 bits per heavy atom. The molecule has 2 rings (SSSR count). The van der Waals surface area contributed by atoms with Crippen LogP contribution in [0.5, 0.6) is 0 Å². The van der Waals surface area contributed by atoms with Gasteiger partial charge in [0.1, 0.15) is 5.82 Å². The zero-order valence-corrected chi connectivity index (χ0v) is 11.5. The highest BCUT2D eigenvalue weighted by Gasteiger charge is 2.17. The van der Waals surface area contributed by atoms with Gasteiger partial charge in [-0.15, -0.1) is 0 Å². The smallest absolute Gasteiger partial charge is 0.142 e. The maximum absolute atomic E-state index is 14.1. The molecule has 0 aliphatic carbocycles. The van der Waals surface area contributed by atoms with Gasteiger partial charge in [0, 0.05) is 5.56 Å². The molecule has 0 heterocycles. The quantitative estimate of drug-likeness (QED) is 0.673. The van der Waals surface area contributed by atoms with Crippen molar-refractivity contribution in [3.8, 4) is 0 Å². The highest BCUT2D eigenvalue weighted by molar-refractivity contribution is 9.10. The SMILES string of the molecule is Cc1cccc(C(NN)c2cccc(Br)c2F)c1. The Morgan fingerprint density at radius 3 is 2.61 bits per heavy atom. The first-order valence-corrected chi connectivity index (χ1v) is 6.39. The summed E-state index contributed by atoms with van der Waals surface area (Å²) in [5.41, 5.74) is 5.25. The lowest BCUT2D eigenvalue weighted by molar-refractivity contribution is 0.556. The van der Waals surface area contributed by atoms with Gasteiger partial charge in [0.25, 0.3) is 0 Å². The summed E-state index contributed by atoms with van der Waals surface area (Å²) in [6.45, 7) is 1.99. The predicted octanol–water partition coefficient (Wildman–Crippen LogP) is 3.45. The van der Waals surface area contributed by atoms with Gasteiger partial charge in [0.2, 0.25) is 0 Å². The highest BCUT2D eigenvalue weighted by Crippen LogP contribution is 2.28. The molecule has 3 N–H and O–H groups in total. The van der Waals surface area contributed by atoms with Gasteiger partial charge in [-0.05, 0) is 34.5 Å². The second-order valence-corrected chi connectivity index (χ2v) is 5.01. The van der Waals surface area contributed by atoms with E-state index in [1.165, 1.54) is 0 Å². The third-order valence-electron chi connectivity index (χ3n) is 2.83. The van der Waals surface area contributed by atoms with E-state index in [2.05, 4.69) is 21.4 Å². The molecule has 0 aromatic heterocycles. The van der Waals surface area contributed by atoms with Crippen LogP contribution in [0.1, 0.15) is 22.7 Å². The second-order valence-electron chi connectivity index (χ2n) is 4.16. The Morgan fingerprint density at radius 1 is 1.22 bits per heavy atom. The number of nitrogens with one attached hydrogen (secondary N) is 1. The van der Waals surface area contributed by atoms with E-state index in [1.807, 2.05) is 31.2 Å². The van der Waals surface area contributed by atoms with Gasteiger partial charge in [-0.25, -0.2) is 9.82 Å². The Kier molecular flexibility index (Phi) is 4.11. The van der Waals surface area contributed by atoms with Crippen LogP contribution in [0.3, 0.4) is 0 Å². The Balaban J connectivity index is 2.49. The van der Waals surface area contributed by atoms with Crippen molar-refractivity contribution in [1.29, 1.82) is 0 Å². The van der Waals surface area contributed by atoms with Crippen molar-refractivity contribution >= 4 is 15.9 Å². The first kappa shape index (κ1) is 13.2. The lowest BCUT2D eigenvalue weighted by Crippen LogP contribution is -2.29. The summed E-state index contributed by atoms with van der Waals surface area (Å²) < 4.78 is 14.5. The van der Waals surface area contributed by atoms with E-state index in [4.69, 9.17) is 5.84 Å². The van der Waals surface area contributed by atoms with Gasteiger partial charge in [-0.2, -0.15) is 0 Å². The van der Waals surface area contributed by atoms with Gasteiger partial charge >= 0.3 is 0 Å². The monoisotopic (exact) mass is 308 g/mol. The van der Waals surface area contributed by atoms with E-state index in [9.17, 15) is 4.39 Å². The molecule has 2 nitrogen and oxygen atoms in total. The molecule has 1 atom stereocenters. The van der Waals surface area contributed by atoms with Gasteiger partial charge in [0.05, 0.1) is 10.5 Å². The van der Waals surface area contributed by atoms with Crippen molar-refractivity contribution in [2.45, 2.75) is 13.0 Å². The number of hydrogen-bond acceptors (Lipinski definition) is 2. The number of benzene rings is 2. The summed E-state index contributed by atoms with van der Waals surface area (Å²) in [4.78, 5) is 0. The first-order valence-electron chi connectivity index (χ1n) is 5.60. The molecule has 0 bridgehead atoms. The minimum Gasteiger partial charge on any atom is -0.271 e. The van der Waals surface area contributed by atoms with Crippen molar-refractivity contribution in [3.63, 3.8) is 0 Å². The minimum atomic E-state index is -0.359. The average Bonchev–Trinajstić information content (AvgIpc) is 2.35. The summed E-state index contributed by atoms with van der Waals surface area (Å²) in [5.74, 6) is 5.28. The standard InChI is InChI=1S/C14H14BrFN2/c1-9-4-2-5-10(8-9)14(18-17)11-6-3-7-12(15)13(11)16/h2-8,14,18H,17H2,1H3. The Labute approximate surface area is 114 Å². The normalized spacial score (nSPS) is 12.4. The van der Waals surface area contributed by atoms with E-state index in [1.54, 1.807) is 18.2 Å². The molecular formula is C14H14BrFN2. The zero-order valence-electron chi connectivity index (χ0n) is 9.95. The number of hydrogen-bond donors (Lipinski definition) is 2. The Hall–Kier alpha value is -1.23. The van der Waals surface area contributed by atoms with Crippen LogP contribution < -0.4 is 11.3 Å². The number of halogens is 2. The summed E-state index contributed by atoms with van der Waals surface area (Å²) in [6, 6.07) is 12.7. The van der Waals surface area contributed by atoms with Crippen LogP contribution in [-0.4, -0.2) is 0 Å². The molecule has 18 heavy (non-hydrogen) atoms. The molecule has 0 saturated carbocycles. The Bertz CT molecular complexity index is 557. The second kappa shape index (κ2) is 5.61. The van der Waals surface area contributed by atoms with Crippen molar-refractivity contribution in [1.82, 2.24) is 5.43 Å². The van der Waals surface area contributed by atoms with E-state index >= 15 is 0 Å². The van der Waals surface area contributed by atoms with Gasteiger partial charge in [-0.3, -0.25) is 5.84 Å². The maximum atomic E-state index is 14.1. The number of rotatable bonds is 3. The third kappa shape index (κ3) is 2.61. The molecule has 94 valence electrons. The van der Waals surface area contributed by atoms with Crippen LogP contribution >= 0.6 is 15.9 Å². The number of aryl methyl sites for hydroxylation is 1. The topological polar surface area (TPSA) is 38.0 Å². The summed E-state index contributed by atoms with van der Waals surface area (Å²) in [6.07, 6.45) is 0. The number of hydrazine groups is 1. The molecule has 0 spiro atoms. The van der Waals surface area contributed by atoms with Crippen molar-refractivity contribution in [2.24, 2.45) is 5.84 Å². The molecule has 0 fully saturated rings. The fourth-order valence-corrected chi connectivity index (χ4v) is 2.34. The molecule has 4 heteroatoms. The van der Waals surface area contributed by atoms with Crippen molar-refractivity contribution < 1.29 is 4.39 Å². The molecule has 0 saturated heterocycles. The lowest BCUT2D eigenvalue weighted by Gasteiger charge is -2.18. The minimum absolute atomic E-state index is 0.290. The molecule has 2 aromatic rings. The van der Waals surface area contributed by atoms with Crippen molar-refractivity contribution in [3.05, 3.63) is 69.4 Å². The van der Waals surface area contributed by atoms with Gasteiger partial charge < -0.3 is 0 Å². The average molecular weight is 309 g/mol. The molecule has 0 aliphatic rings. The predicted molar refractivity (Wildman–Crippen MR) is 74.4 cm³/mol. The molecule has 0 aliphatic heterocycles. The summed E-state index contributed by atoms with van der Waals surface area (Å²) >= 11 is 3.19. The van der Waals surface area contributed by atoms with Crippen LogP contribution in [0.4, 0.5) is 4.39 Å². The van der Waals surface area contributed by atoms with E-state index < -0.39 is 0 Å². The number of nitrogens with two attached hydrogens (primary N) is 1. The van der Waals surface area contributed by atoms with Crippen LogP contribution in [0.2, 0.25) is 0 Å². The fourth-order valence-electron chi connectivity index (χ4n) is 1.96. The largest absolute Gasteiger partial charge is 0.271 e. The van der Waals surface area contributed by atoms with E-state index in [-0.39, 0.29) is 11.9 Å². The van der Waals surface area contributed by atoms with Crippen LogP contribution in [0, 0.1) is 12.7 Å². The van der Waals surface area contributed by atoms with Crippen LogP contribution in [-0.2, 0) is 0 Å². The highest BCUT2D eigenvalue weighted by atomic mass is 79.9. The lowest BCUT2D eigenvalue weighted by atomic mass is 9.97. The molecule has 0 radical (unpaired) electrons. The molecular weight excluding hydrogens is 295 g/mol. The van der Waals surface area contributed by atoms with E-state index in [0.29, 0.717) is 10.0 Å². The van der Waals surface area contributed by atoms with Crippen LogP contribution in [0.15, 0.2) is 46.9 Å². The van der Waals surface area contributed by atoms with Crippen LogP contribution in [0.25, 0.3) is 0 Å². The van der Waals surface area contributed by atoms with E-state index in [0.717, 1.165) is 11.1 Å². The van der Waals surface area contributed by atoms with Crippen molar-refractivity contribution in [2.75, 3.05) is 0 Å². The van der Waals surface area contributed by atoms with Gasteiger partial charge in [0.15, 0.2) is 0 Å².